The Labute approximate surface area is 136 Å². The summed E-state index contributed by atoms with van der Waals surface area (Å²) in [4.78, 5) is 12.0. The number of hydrogen-bond acceptors (Lipinski definition) is 3. The molecule has 1 amide bonds. The number of para-hydroxylation sites is 1. The lowest BCUT2D eigenvalue weighted by atomic mass is 10.0. The van der Waals surface area contributed by atoms with Crippen molar-refractivity contribution in [2.24, 2.45) is 0 Å². The number of carbonyl (C=O) groups excluding carboxylic acids is 1. The van der Waals surface area contributed by atoms with E-state index in [0.29, 0.717) is 11.3 Å². The molecule has 1 heterocycles. The molecule has 2 aromatic carbocycles. The quantitative estimate of drug-likeness (QED) is 0.771. The van der Waals surface area contributed by atoms with E-state index in [2.05, 4.69) is 5.32 Å². The summed E-state index contributed by atoms with van der Waals surface area (Å²) in [5, 5.41) is 13.9. The molecule has 0 aliphatic heterocycles. The molecule has 0 spiro atoms. The molecule has 0 unspecified atom stereocenters. The zero-order chi connectivity index (χ0) is 17.3. The van der Waals surface area contributed by atoms with Crippen LogP contribution in [0.5, 0.6) is 0 Å². The first-order valence-corrected chi connectivity index (χ1v) is 7.31. The van der Waals surface area contributed by atoms with Crippen LogP contribution >= 0.6 is 0 Å². The van der Waals surface area contributed by atoms with Crippen molar-refractivity contribution in [2.75, 3.05) is 6.54 Å². The van der Waals surface area contributed by atoms with E-state index in [1.807, 2.05) is 18.2 Å². The van der Waals surface area contributed by atoms with Gasteiger partial charge in [-0.2, -0.15) is 0 Å². The Morgan fingerprint density at radius 1 is 1.17 bits per heavy atom. The molecule has 1 aromatic heterocycles. The lowest BCUT2D eigenvalue weighted by molar-refractivity contribution is 0.0344. The van der Waals surface area contributed by atoms with Gasteiger partial charge in [-0.25, -0.2) is 8.78 Å². The molecule has 0 aliphatic carbocycles. The van der Waals surface area contributed by atoms with Crippen LogP contribution in [0.2, 0.25) is 0 Å². The minimum Gasteiger partial charge on any atom is -0.458 e. The Bertz CT molecular complexity index is 869. The van der Waals surface area contributed by atoms with Crippen molar-refractivity contribution >= 4 is 16.9 Å². The van der Waals surface area contributed by atoms with Crippen molar-refractivity contribution in [3.63, 3.8) is 0 Å². The monoisotopic (exact) mass is 331 g/mol. The highest BCUT2D eigenvalue weighted by Crippen LogP contribution is 2.27. The van der Waals surface area contributed by atoms with Crippen LogP contribution in [0.25, 0.3) is 11.0 Å². The van der Waals surface area contributed by atoms with Crippen molar-refractivity contribution < 1.29 is 23.1 Å². The van der Waals surface area contributed by atoms with Crippen molar-refractivity contribution in [1.82, 2.24) is 5.32 Å². The molecule has 2 N–H and O–H groups in total. The second-order valence-corrected chi connectivity index (χ2v) is 5.73. The first-order valence-electron chi connectivity index (χ1n) is 7.31. The summed E-state index contributed by atoms with van der Waals surface area (Å²) in [6, 6.07) is 11.8. The average molecular weight is 331 g/mol. The van der Waals surface area contributed by atoms with E-state index in [0.717, 1.165) is 17.5 Å². The van der Waals surface area contributed by atoms with Crippen LogP contribution in [-0.4, -0.2) is 17.6 Å². The molecule has 0 bridgehead atoms. The Kier molecular flexibility index (Phi) is 4.07. The third-order valence-electron chi connectivity index (χ3n) is 3.73. The molecule has 1 atom stereocenters. The van der Waals surface area contributed by atoms with Gasteiger partial charge in [0.2, 0.25) is 0 Å². The Hall–Kier alpha value is -2.73. The number of carbonyl (C=O) groups is 1. The van der Waals surface area contributed by atoms with Crippen molar-refractivity contribution in [1.29, 1.82) is 0 Å². The maximum absolute atomic E-state index is 13.2. The summed E-state index contributed by atoms with van der Waals surface area (Å²) >= 11 is 0. The van der Waals surface area contributed by atoms with Gasteiger partial charge in [0.15, 0.2) is 11.6 Å². The van der Waals surface area contributed by atoms with Crippen molar-refractivity contribution in [3.8, 4) is 0 Å². The van der Waals surface area contributed by atoms with E-state index in [1.165, 1.54) is 13.0 Å². The number of aliphatic hydroxyl groups is 1. The molecular weight excluding hydrogens is 316 g/mol. The van der Waals surface area contributed by atoms with Crippen LogP contribution in [0, 0.1) is 11.6 Å². The first-order chi connectivity index (χ1) is 11.4. The summed E-state index contributed by atoms with van der Waals surface area (Å²) in [5.41, 5.74) is -0.859. The second kappa shape index (κ2) is 6.05. The smallest absolute Gasteiger partial charge is 0.251 e. The second-order valence-electron chi connectivity index (χ2n) is 5.73. The number of fused-ring (bicyclic) bond motifs is 1. The van der Waals surface area contributed by atoms with E-state index < -0.39 is 23.1 Å². The summed E-state index contributed by atoms with van der Waals surface area (Å²) in [6.07, 6.45) is 0. The largest absolute Gasteiger partial charge is 0.458 e. The van der Waals surface area contributed by atoms with Gasteiger partial charge in [0.25, 0.3) is 5.91 Å². The van der Waals surface area contributed by atoms with Gasteiger partial charge < -0.3 is 14.8 Å². The minimum absolute atomic E-state index is 0.0330. The third-order valence-corrected chi connectivity index (χ3v) is 3.73. The molecule has 0 radical (unpaired) electrons. The molecular formula is C18H15F2NO3. The standard InChI is InChI=1S/C18H15F2NO3/c1-18(23,16-9-11-4-2-3-5-15(11)24-16)10-21-17(22)12-6-7-13(19)14(20)8-12/h2-9,23H,10H2,1H3,(H,21,22)/t18-/m0/s1. The number of nitrogens with one attached hydrogen (secondary N) is 1. The summed E-state index contributed by atoms with van der Waals surface area (Å²) < 4.78 is 31.7. The van der Waals surface area contributed by atoms with Gasteiger partial charge >= 0.3 is 0 Å². The number of rotatable bonds is 4. The maximum Gasteiger partial charge on any atom is 0.251 e. The molecule has 3 rings (SSSR count). The number of benzene rings is 2. The van der Waals surface area contributed by atoms with Gasteiger partial charge in [0.05, 0.1) is 6.54 Å². The minimum atomic E-state index is -1.45. The first kappa shape index (κ1) is 16.1. The van der Waals surface area contributed by atoms with Crippen LogP contribution in [0.4, 0.5) is 8.78 Å². The van der Waals surface area contributed by atoms with E-state index in [1.54, 1.807) is 12.1 Å². The lowest BCUT2D eigenvalue weighted by Gasteiger charge is -2.21. The van der Waals surface area contributed by atoms with E-state index in [-0.39, 0.29) is 12.1 Å². The van der Waals surface area contributed by atoms with E-state index in [4.69, 9.17) is 4.42 Å². The third kappa shape index (κ3) is 3.14. The molecule has 24 heavy (non-hydrogen) atoms. The van der Waals surface area contributed by atoms with Crippen LogP contribution < -0.4 is 5.32 Å². The van der Waals surface area contributed by atoms with Gasteiger partial charge in [0, 0.05) is 10.9 Å². The van der Waals surface area contributed by atoms with E-state index >= 15 is 0 Å². The highest BCUT2D eigenvalue weighted by molar-refractivity contribution is 5.94. The Morgan fingerprint density at radius 3 is 2.62 bits per heavy atom. The zero-order valence-corrected chi connectivity index (χ0v) is 12.8. The van der Waals surface area contributed by atoms with Crippen LogP contribution in [0.3, 0.4) is 0 Å². The summed E-state index contributed by atoms with van der Waals surface area (Å²) in [7, 11) is 0. The highest BCUT2D eigenvalue weighted by Gasteiger charge is 2.28. The molecule has 3 aromatic rings. The fourth-order valence-electron chi connectivity index (χ4n) is 2.33. The Morgan fingerprint density at radius 2 is 1.92 bits per heavy atom. The molecule has 0 aliphatic rings. The van der Waals surface area contributed by atoms with Crippen LogP contribution in [0.15, 0.2) is 52.9 Å². The highest BCUT2D eigenvalue weighted by atomic mass is 19.2. The van der Waals surface area contributed by atoms with Gasteiger partial charge in [-0.05, 0) is 37.3 Å². The number of furan rings is 1. The predicted molar refractivity (Wildman–Crippen MR) is 84.5 cm³/mol. The molecule has 6 heteroatoms. The van der Waals surface area contributed by atoms with Gasteiger partial charge in [-0.1, -0.05) is 18.2 Å². The average Bonchev–Trinajstić information content (AvgIpc) is 3.00. The molecule has 0 saturated carbocycles. The van der Waals surface area contributed by atoms with Crippen LogP contribution in [0.1, 0.15) is 23.0 Å². The normalized spacial score (nSPS) is 13.7. The Balaban J connectivity index is 1.74. The summed E-state index contributed by atoms with van der Waals surface area (Å²) in [6.45, 7) is 1.35. The predicted octanol–water partition coefficient (Wildman–Crippen LogP) is 3.35. The SMILES string of the molecule is C[C@](O)(CNC(=O)c1ccc(F)c(F)c1)c1cc2ccccc2o1. The zero-order valence-electron chi connectivity index (χ0n) is 12.8. The number of amides is 1. The lowest BCUT2D eigenvalue weighted by Crippen LogP contribution is -2.38. The van der Waals surface area contributed by atoms with Crippen molar-refractivity contribution in [2.45, 2.75) is 12.5 Å². The number of halogens is 2. The maximum atomic E-state index is 13.2. The van der Waals surface area contributed by atoms with Gasteiger partial charge in [-0.15, -0.1) is 0 Å². The molecule has 4 nitrogen and oxygen atoms in total. The van der Waals surface area contributed by atoms with E-state index in [9.17, 15) is 18.7 Å². The number of hydrogen-bond donors (Lipinski definition) is 2. The van der Waals surface area contributed by atoms with Gasteiger partial charge in [-0.3, -0.25) is 4.79 Å². The topological polar surface area (TPSA) is 62.5 Å². The fourth-order valence-corrected chi connectivity index (χ4v) is 2.33. The van der Waals surface area contributed by atoms with Crippen LogP contribution in [-0.2, 0) is 5.60 Å². The fraction of sp³-hybridized carbons (Fsp3) is 0.167. The molecule has 124 valence electrons. The summed E-state index contributed by atoms with van der Waals surface area (Å²) in [5.74, 6) is -2.45. The molecule has 0 fully saturated rings. The molecule has 0 saturated heterocycles. The van der Waals surface area contributed by atoms with Gasteiger partial charge in [0.1, 0.15) is 16.9 Å². The van der Waals surface area contributed by atoms with Crippen molar-refractivity contribution in [3.05, 3.63) is 71.5 Å².